The van der Waals surface area contributed by atoms with Gasteiger partial charge in [-0.05, 0) is 11.2 Å². The molecule has 0 heterocycles. The van der Waals surface area contributed by atoms with Crippen molar-refractivity contribution in [3.05, 3.63) is 4.91 Å². The minimum atomic E-state index is 0.688. The van der Waals surface area contributed by atoms with Gasteiger partial charge in [0.1, 0.15) is 0 Å². The highest BCUT2D eigenvalue weighted by molar-refractivity contribution is 4.32. The molecule has 0 rings (SSSR count). The second-order valence-corrected chi connectivity index (χ2v) is 2.06. The van der Waals surface area contributed by atoms with Crippen LogP contribution in [0.25, 0.3) is 0 Å². The van der Waals surface area contributed by atoms with Gasteiger partial charge in [0.05, 0.1) is 0 Å². The fraction of sp³-hybridized carbons (Fsp3) is 1.00. The van der Waals surface area contributed by atoms with Crippen LogP contribution in [-0.2, 0) is 0 Å². The SMILES string of the molecule is CCCCC[N+](C)=O. The van der Waals surface area contributed by atoms with Crippen molar-refractivity contribution in [2.24, 2.45) is 0 Å². The average molecular weight is 116 g/mol. The van der Waals surface area contributed by atoms with Crippen molar-refractivity contribution in [3.63, 3.8) is 0 Å². The van der Waals surface area contributed by atoms with Crippen molar-refractivity contribution in [2.75, 3.05) is 13.6 Å². The Morgan fingerprint density at radius 1 is 1.38 bits per heavy atom. The largest absolute Gasteiger partial charge is 0.191 e. The van der Waals surface area contributed by atoms with Crippen LogP contribution >= 0.6 is 0 Å². The average Bonchev–Trinajstić information content (AvgIpc) is 1.66. The summed E-state index contributed by atoms with van der Waals surface area (Å²) in [7, 11) is 1.57. The van der Waals surface area contributed by atoms with Crippen LogP contribution in [0.15, 0.2) is 0 Å². The molecule has 0 bridgehead atoms. The van der Waals surface area contributed by atoms with Crippen molar-refractivity contribution in [1.82, 2.24) is 0 Å². The summed E-state index contributed by atoms with van der Waals surface area (Å²) >= 11 is 0. The molecular weight excluding hydrogens is 102 g/mol. The van der Waals surface area contributed by atoms with Gasteiger partial charge in [0.15, 0.2) is 13.6 Å². The molecule has 2 nitrogen and oxygen atoms in total. The maximum atomic E-state index is 10.2. The number of hydrogen-bond donors (Lipinski definition) is 0. The monoisotopic (exact) mass is 116 g/mol. The molecule has 0 aromatic rings. The van der Waals surface area contributed by atoms with Crippen molar-refractivity contribution in [1.29, 1.82) is 0 Å². The van der Waals surface area contributed by atoms with Crippen LogP contribution in [0.2, 0.25) is 0 Å². The van der Waals surface area contributed by atoms with E-state index in [9.17, 15) is 4.91 Å². The van der Waals surface area contributed by atoms with Gasteiger partial charge in [-0.15, -0.1) is 0 Å². The molecule has 48 valence electrons. The lowest BCUT2D eigenvalue weighted by Gasteiger charge is -1.86. The van der Waals surface area contributed by atoms with E-state index in [0.717, 1.165) is 11.2 Å². The van der Waals surface area contributed by atoms with Gasteiger partial charge in [-0.1, -0.05) is 13.3 Å². The highest BCUT2D eigenvalue weighted by Crippen LogP contribution is 1.91. The van der Waals surface area contributed by atoms with E-state index in [1.165, 1.54) is 12.8 Å². The van der Waals surface area contributed by atoms with Crippen LogP contribution in [-0.4, -0.2) is 18.4 Å². The van der Waals surface area contributed by atoms with E-state index in [1.54, 1.807) is 7.05 Å². The Morgan fingerprint density at radius 2 is 2.00 bits per heavy atom. The van der Waals surface area contributed by atoms with Gasteiger partial charge in [-0.3, -0.25) is 0 Å². The summed E-state index contributed by atoms with van der Waals surface area (Å²) in [6, 6.07) is 0. The molecule has 0 N–H and O–H groups in total. The van der Waals surface area contributed by atoms with E-state index in [1.807, 2.05) is 0 Å². The zero-order chi connectivity index (χ0) is 6.41. The summed E-state index contributed by atoms with van der Waals surface area (Å²) in [5, 5.41) is 0. The first-order valence-corrected chi connectivity index (χ1v) is 3.15. The van der Waals surface area contributed by atoms with Gasteiger partial charge in [-0.25, -0.2) is 0 Å². The fourth-order valence-corrected chi connectivity index (χ4v) is 0.584. The summed E-state index contributed by atoms with van der Waals surface area (Å²) in [6.45, 7) is 2.82. The van der Waals surface area contributed by atoms with Crippen LogP contribution < -0.4 is 0 Å². The Labute approximate surface area is 50.5 Å². The van der Waals surface area contributed by atoms with Gasteiger partial charge in [0.25, 0.3) is 0 Å². The second-order valence-electron chi connectivity index (χ2n) is 2.06. The summed E-state index contributed by atoms with van der Waals surface area (Å²) in [5.74, 6) is 0. The third-order valence-electron chi connectivity index (χ3n) is 1.08. The minimum absolute atomic E-state index is 0.688. The molecule has 0 aromatic heterocycles. The topological polar surface area (TPSA) is 20.1 Å². The second kappa shape index (κ2) is 4.75. The van der Waals surface area contributed by atoms with Gasteiger partial charge in [-0.2, -0.15) is 0 Å². The first-order valence-electron chi connectivity index (χ1n) is 3.15. The van der Waals surface area contributed by atoms with Crippen LogP contribution in [0.1, 0.15) is 26.2 Å². The van der Waals surface area contributed by atoms with Crippen LogP contribution in [0, 0.1) is 4.91 Å². The summed E-state index contributed by atoms with van der Waals surface area (Å²) in [5.41, 5.74) is 0. The quantitative estimate of drug-likeness (QED) is 0.403. The minimum Gasteiger partial charge on any atom is -0.0654 e. The van der Waals surface area contributed by atoms with E-state index < -0.39 is 0 Å². The summed E-state index contributed by atoms with van der Waals surface area (Å²) in [4.78, 5) is 10.2. The molecule has 0 fully saturated rings. The summed E-state index contributed by atoms with van der Waals surface area (Å²) in [6.07, 6.45) is 3.40. The molecule has 0 aliphatic heterocycles. The standard InChI is InChI=1S/C6H14NO/c1-3-4-5-6-7(2)8/h3-6H2,1-2H3/q+1. The van der Waals surface area contributed by atoms with Crippen molar-refractivity contribution < 1.29 is 4.76 Å². The van der Waals surface area contributed by atoms with Crippen LogP contribution in [0.3, 0.4) is 0 Å². The van der Waals surface area contributed by atoms with Gasteiger partial charge in [0, 0.05) is 11.3 Å². The predicted octanol–water partition coefficient (Wildman–Crippen LogP) is 1.59. The lowest BCUT2D eigenvalue weighted by molar-refractivity contribution is -0.519. The maximum absolute atomic E-state index is 10.2. The number of nitrogens with zero attached hydrogens (tertiary/aromatic N) is 1. The van der Waals surface area contributed by atoms with Crippen molar-refractivity contribution in [2.45, 2.75) is 26.2 Å². The van der Waals surface area contributed by atoms with Crippen molar-refractivity contribution in [3.8, 4) is 0 Å². The molecule has 0 saturated heterocycles. The Bertz CT molecular complexity index is 70.9. The third kappa shape index (κ3) is 5.60. The summed E-state index contributed by atoms with van der Waals surface area (Å²) < 4.78 is 0.982. The number of hydrogen-bond acceptors (Lipinski definition) is 1. The van der Waals surface area contributed by atoms with E-state index in [0.29, 0.717) is 6.54 Å². The van der Waals surface area contributed by atoms with E-state index in [4.69, 9.17) is 0 Å². The zero-order valence-corrected chi connectivity index (χ0v) is 5.68. The predicted molar refractivity (Wildman–Crippen MR) is 33.9 cm³/mol. The molecule has 0 unspecified atom stereocenters. The zero-order valence-electron chi connectivity index (χ0n) is 5.68. The molecule has 0 amide bonds. The van der Waals surface area contributed by atoms with Crippen molar-refractivity contribution >= 4 is 0 Å². The molecule has 0 aromatic carbocycles. The third-order valence-corrected chi connectivity index (χ3v) is 1.08. The van der Waals surface area contributed by atoms with Gasteiger partial charge >= 0.3 is 0 Å². The molecule has 0 saturated carbocycles. The Kier molecular flexibility index (Phi) is 4.51. The Morgan fingerprint density at radius 3 is 2.38 bits per heavy atom. The van der Waals surface area contributed by atoms with Crippen LogP contribution in [0.4, 0.5) is 0 Å². The molecule has 8 heavy (non-hydrogen) atoms. The Balaban J connectivity index is 2.82. The first kappa shape index (κ1) is 7.60. The van der Waals surface area contributed by atoms with E-state index in [2.05, 4.69) is 6.92 Å². The lowest BCUT2D eigenvalue weighted by atomic mass is 10.2. The molecule has 0 atom stereocenters. The molecule has 0 spiro atoms. The number of nitroso groups, excluding NO2 is 1. The molecule has 0 aliphatic rings. The van der Waals surface area contributed by atoms with E-state index >= 15 is 0 Å². The van der Waals surface area contributed by atoms with Crippen LogP contribution in [0.5, 0.6) is 0 Å². The first-order chi connectivity index (χ1) is 3.77. The number of unbranched alkanes of at least 4 members (excludes halogenated alkanes) is 2. The molecule has 0 radical (unpaired) electrons. The number of rotatable bonds is 4. The van der Waals surface area contributed by atoms with Gasteiger partial charge < -0.3 is 0 Å². The molecular formula is C6H14NO+. The smallest absolute Gasteiger partial charge is 0.0654 e. The fourth-order valence-electron chi connectivity index (χ4n) is 0.584. The van der Waals surface area contributed by atoms with E-state index in [-0.39, 0.29) is 0 Å². The molecule has 2 heteroatoms. The molecule has 0 aliphatic carbocycles. The lowest BCUT2D eigenvalue weighted by Crippen LogP contribution is -2.01. The maximum Gasteiger partial charge on any atom is 0.191 e. The van der Waals surface area contributed by atoms with Gasteiger partial charge in [0.2, 0.25) is 0 Å². The Hall–Kier alpha value is -0.400. The highest BCUT2D eigenvalue weighted by atomic mass is 16.3. The normalized spacial score (nSPS) is 9.25. The highest BCUT2D eigenvalue weighted by Gasteiger charge is 1.94.